The van der Waals surface area contributed by atoms with Gasteiger partial charge in [0, 0.05) is 42.5 Å². The molecule has 0 fully saturated rings. The molecule has 1 rings (SSSR count). The van der Waals surface area contributed by atoms with E-state index in [1.54, 1.807) is 6.33 Å². The molecule has 0 aliphatic rings. The Hall–Kier alpha value is -1.40. The Morgan fingerprint density at radius 1 is 1.23 bits per heavy atom. The van der Waals surface area contributed by atoms with E-state index in [0.717, 1.165) is 18.7 Å². The Morgan fingerprint density at radius 2 is 1.95 bits per heavy atom. The van der Waals surface area contributed by atoms with Crippen molar-refractivity contribution in [3.8, 4) is 0 Å². The van der Waals surface area contributed by atoms with E-state index in [2.05, 4.69) is 41.4 Å². The minimum atomic E-state index is -0.243. The molecule has 0 unspecified atom stereocenters. The summed E-state index contributed by atoms with van der Waals surface area (Å²) in [5.74, 6) is -0.166. The standard InChI is InChI=1S/C16H30N4O2/c1-15(2,3)19-9-7-14(21)22-11-16(4,5)20-8-6-13-10-17-12-18-13/h10,12,19-20H,6-9,11H2,1-5H3,(H,17,18). The summed E-state index contributed by atoms with van der Waals surface area (Å²) >= 11 is 0. The fraction of sp³-hybridized carbons (Fsp3) is 0.750. The van der Waals surface area contributed by atoms with Crippen LogP contribution >= 0.6 is 0 Å². The van der Waals surface area contributed by atoms with Crippen molar-refractivity contribution in [3.63, 3.8) is 0 Å². The number of nitrogens with one attached hydrogen (secondary N) is 3. The molecule has 0 aliphatic carbocycles. The molecular formula is C16H30N4O2. The Labute approximate surface area is 133 Å². The van der Waals surface area contributed by atoms with Crippen molar-refractivity contribution in [1.82, 2.24) is 20.6 Å². The van der Waals surface area contributed by atoms with Crippen molar-refractivity contribution < 1.29 is 9.53 Å². The number of imidazole rings is 1. The first-order chi connectivity index (χ1) is 10.2. The van der Waals surface area contributed by atoms with Gasteiger partial charge in [0.25, 0.3) is 0 Å². The normalized spacial score (nSPS) is 12.4. The number of carbonyl (C=O) groups is 1. The number of hydrogen-bond donors (Lipinski definition) is 3. The van der Waals surface area contributed by atoms with Gasteiger partial charge in [-0.2, -0.15) is 0 Å². The topological polar surface area (TPSA) is 79.0 Å². The third-order valence-corrected chi connectivity index (χ3v) is 3.13. The van der Waals surface area contributed by atoms with Crippen LogP contribution in [0.25, 0.3) is 0 Å². The molecule has 6 heteroatoms. The molecule has 126 valence electrons. The fourth-order valence-corrected chi connectivity index (χ4v) is 1.88. The summed E-state index contributed by atoms with van der Waals surface area (Å²) in [7, 11) is 0. The van der Waals surface area contributed by atoms with Crippen molar-refractivity contribution in [2.24, 2.45) is 0 Å². The van der Waals surface area contributed by atoms with E-state index in [0.29, 0.717) is 19.6 Å². The van der Waals surface area contributed by atoms with Gasteiger partial charge in [-0.05, 0) is 34.6 Å². The van der Waals surface area contributed by atoms with Crippen LogP contribution in [-0.2, 0) is 16.0 Å². The van der Waals surface area contributed by atoms with Crippen LogP contribution in [0, 0.1) is 0 Å². The Balaban J connectivity index is 2.16. The van der Waals surface area contributed by atoms with Crippen molar-refractivity contribution in [2.45, 2.75) is 58.5 Å². The lowest BCUT2D eigenvalue weighted by molar-refractivity contribution is -0.145. The van der Waals surface area contributed by atoms with Crippen molar-refractivity contribution >= 4 is 5.97 Å². The van der Waals surface area contributed by atoms with Crippen LogP contribution in [0.1, 0.15) is 46.7 Å². The maximum Gasteiger partial charge on any atom is 0.307 e. The largest absolute Gasteiger partial charge is 0.464 e. The second kappa shape index (κ2) is 8.29. The van der Waals surface area contributed by atoms with E-state index in [1.165, 1.54) is 0 Å². The molecule has 1 aromatic rings. The lowest BCUT2D eigenvalue weighted by Crippen LogP contribution is -2.45. The second-order valence-electron chi connectivity index (χ2n) is 7.22. The quantitative estimate of drug-likeness (QED) is 0.604. The predicted molar refractivity (Wildman–Crippen MR) is 87.7 cm³/mol. The molecule has 0 spiro atoms. The summed E-state index contributed by atoms with van der Waals surface area (Å²) in [6, 6.07) is 0. The van der Waals surface area contributed by atoms with Gasteiger partial charge < -0.3 is 20.4 Å². The highest BCUT2D eigenvalue weighted by Crippen LogP contribution is 2.05. The van der Waals surface area contributed by atoms with Crippen LogP contribution in [0.5, 0.6) is 0 Å². The minimum Gasteiger partial charge on any atom is -0.464 e. The second-order valence-corrected chi connectivity index (χ2v) is 7.22. The van der Waals surface area contributed by atoms with Gasteiger partial charge in [-0.1, -0.05) is 0 Å². The van der Waals surface area contributed by atoms with Gasteiger partial charge in [0.05, 0.1) is 12.7 Å². The van der Waals surface area contributed by atoms with Crippen LogP contribution in [0.2, 0.25) is 0 Å². The molecular weight excluding hydrogens is 280 g/mol. The smallest absolute Gasteiger partial charge is 0.307 e. The molecule has 0 atom stereocenters. The SMILES string of the molecule is CC(C)(C)NCCC(=O)OCC(C)(C)NCCc1cnc[nH]1. The van der Waals surface area contributed by atoms with Gasteiger partial charge in [-0.15, -0.1) is 0 Å². The third-order valence-electron chi connectivity index (χ3n) is 3.13. The van der Waals surface area contributed by atoms with E-state index in [-0.39, 0.29) is 17.0 Å². The Kier molecular flexibility index (Phi) is 7.03. The summed E-state index contributed by atoms with van der Waals surface area (Å²) in [5.41, 5.74) is 0.870. The van der Waals surface area contributed by atoms with Crippen molar-refractivity contribution in [3.05, 3.63) is 18.2 Å². The maximum atomic E-state index is 11.7. The van der Waals surface area contributed by atoms with Gasteiger partial charge in [0.15, 0.2) is 0 Å². The molecule has 1 heterocycles. The molecule has 1 aromatic heterocycles. The van der Waals surface area contributed by atoms with E-state index in [1.807, 2.05) is 20.0 Å². The lowest BCUT2D eigenvalue weighted by atomic mass is 10.1. The zero-order chi connectivity index (χ0) is 16.6. The molecule has 0 bridgehead atoms. The summed E-state index contributed by atoms with van der Waals surface area (Å²) in [4.78, 5) is 18.8. The highest BCUT2D eigenvalue weighted by molar-refractivity contribution is 5.69. The highest BCUT2D eigenvalue weighted by Gasteiger charge is 2.19. The van der Waals surface area contributed by atoms with Gasteiger partial charge in [-0.25, -0.2) is 4.98 Å². The summed E-state index contributed by atoms with van der Waals surface area (Å²) < 4.78 is 5.35. The van der Waals surface area contributed by atoms with Crippen LogP contribution < -0.4 is 10.6 Å². The Morgan fingerprint density at radius 3 is 2.55 bits per heavy atom. The van der Waals surface area contributed by atoms with E-state index < -0.39 is 0 Å². The van der Waals surface area contributed by atoms with Gasteiger partial charge in [-0.3, -0.25) is 4.79 Å². The monoisotopic (exact) mass is 310 g/mol. The molecule has 0 aliphatic heterocycles. The van der Waals surface area contributed by atoms with E-state index >= 15 is 0 Å². The zero-order valence-corrected chi connectivity index (χ0v) is 14.5. The number of carbonyl (C=O) groups excluding carboxylic acids is 1. The lowest BCUT2D eigenvalue weighted by Gasteiger charge is -2.26. The highest BCUT2D eigenvalue weighted by atomic mass is 16.5. The molecule has 0 aromatic carbocycles. The summed E-state index contributed by atoms with van der Waals surface area (Å²) in [5, 5.41) is 6.67. The summed E-state index contributed by atoms with van der Waals surface area (Å²) in [6.45, 7) is 12.1. The van der Waals surface area contributed by atoms with Crippen LogP contribution in [0.3, 0.4) is 0 Å². The molecule has 0 radical (unpaired) electrons. The zero-order valence-electron chi connectivity index (χ0n) is 14.5. The molecule has 22 heavy (non-hydrogen) atoms. The van der Waals surface area contributed by atoms with Crippen molar-refractivity contribution in [1.29, 1.82) is 0 Å². The van der Waals surface area contributed by atoms with Gasteiger partial charge in [0.1, 0.15) is 6.61 Å². The number of rotatable bonds is 9. The number of aromatic nitrogens is 2. The van der Waals surface area contributed by atoms with E-state index in [9.17, 15) is 4.79 Å². The summed E-state index contributed by atoms with van der Waals surface area (Å²) in [6.07, 6.45) is 4.75. The van der Waals surface area contributed by atoms with Crippen LogP contribution in [-0.4, -0.2) is 46.7 Å². The molecule has 6 nitrogen and oxygen atoms in total. The minimum absolute atomic E-state index is 0.0216. The number of aromatic amines is 1. The maximum absolute atomic E-state index is 11.7. The number of hydrogen-bond acceptors (Lipinski definition) is 5. The van der Waals surface area contributed by atoms with Crippen LogP contribution in [0.4, 0.5) is 0 Å². The van der Waals surface area contributed by atoms with Gasteiger partial charge >= 0.3 is 5.97 Å². The van der Waals surface area contributed by atoms with Gasteiger partial charge in [0.2, 0.25) is 0 Å². The van der Waals surface area contributed by atoms with E-state index in [4.69, 9.17) is 4.74 Å². The molecule has 0 amide bonds. The van der Waals surface area contributed by atoms with Crippen LogP contribution in [0.15, 0.2) is 12.5 Å². The third kappa shape index (κ3) is 8.79. The molecule has 3 N–H and O–H groups in total. The molecule has 0 saturated heterocycles. The number of nitrogens with zero attached hydrogens (tertiary/aromatic N) is 1. The number of esters is 1. The average Bonchev–Trinajstić information content (AvgIpc) is 2.88. The number of ether oxygens (including phenoxy) is 1. The average molecular weight is 310 g/mol. The fourth-order valence-electron chi connectivity index (χ4n) is 1.88. The first-order valence-electron chi connectivity index (χ1n) is 7.81. The number of H-pyrrole nitrogens is 1. The first-order valence-corrected chi connectivity index (χ1v) is 7.81. The Bertz CT molecular complexity index is 435. The molecule has 0 saturated carbocycles. The first kappa shape index (κ1) is 18.6. The van der Waals surface area contributed by atoms with Crippen molar-refractivity contribution in [2.75, 3.05) is 19.7 Å². The predicted octanol–water partition coefficient (Wildman–Crippen LogP) is 1.64.